The summed E-state index contributed by atoms with van der Waals surface area (Å²) in [6.45, 7) is 1.65. The van der Waals surface area contributed by atoms with Crippen LogP contribution >= 0.6 is 34.4 Å². The van der Waals surface area contributed by atoms with Gasteiger partial charge in [-0.1, -0.05) is 91.0 Å². The molecule has 1 aromatic heterocycles. The molecule has 1 aliphatic heterocycles. The van der Waals surface area contributed by atoms with Gasteiger partial charge in [0.05, 0.1) is 35.2 Å². The number of halogens is 1. The largest absolute Gasteiger partial charge is 0.376 e. The van der Waals surface area contributed by atoms with Gasteiger partial charge in [0.2, 0.25) is 0 Å². The first-order chi connectivity index (χ1) is 19.1. The van der Waals surface area contributed by atoms with Crippen LogP contribution in [0.4, 0.5) is 0 Å². The third-order valence-corrected chi connectivity index (χ3v) is 8.74. The molecule has 4 atom stereocenters. The van der Waals surface area contributed by atoms with Gasteiger partial charge < -0.3 is 14.2 Å². The van der Waals surface area contributed by atoms with E-state index in [0.29, 0.717) is 30.0 Å². The Balaban J connectivity index is 1.43. The number of aromatic amines is 1. The zero-order valence-corrected chi connectivity index (χ0v) is 24.1. The van der Waals surface area contributed by atoms with E-state index in [1.54, 1.807) is 22.5 Å². The Kier molecular flexibility index (Phi) is 9.70. The van der Waals surface area contributed by atoms with Crippen LogP contribution in [-0.4, -0.2) is 33.6 Å². The van der Waals surface area contributed by atoms with Crippen molar-refractivity contribution in [3.63, 3.8) is 0 Å². The molecule has 0 aliphatic carbocycles. The Hall–Kier alpha value is -2.70. The van der Waals surface area contributed by atoms with E-state index in [-0.39, 0.29) is 11.4 Å². The molecular formula is C30H29IN2O5S. The molecule has 7 nitrogen and oxygen atoms in total. The van der Waals surface area contributed by atoms with Crippen LogP contribution in [0, 0.1) is 3.57 Å². The van der Waals surface area contributed by atoms with Gasteiger partial charge in [0, 0.05) is 6.20 Å². The third kappa shape index (κ3) is 7.29. The highest BCUT2D eigenvalue weighted by Crippen LogP contribution is 2.45. The maximum absolute atomic E-state index is 13.0. The van der Waals surface area contributed by atoms with Gasteiger partial charge in [0.15, 0.2) is 0 Å². The van der Waals surface area contributed by atoms with Crippen molar-refractivity contribution < 1.29 is 14.2 Å². The first kappa shape index (κ1) is 27.9. The molecule has 0 saturated carbocycles. The second kappa shape index (κ2) is 13.6. The number of benzene rings is 3. The van der Waals surface area contributed by atoms with Crippen molar-refractivity contribution in [1.82, 2.24) is 9.55 Å². The van der Waals surface area contributed by atoms with Gasteiger partial charge in [-0.3, -0.25) is 14.3 Å². The zero-order valence-electron chi connectivity index (χ0n) is 21.2. The SMILES string of the molecule is O=c1[nH]c(=O)n(C2S[C@H](COCc3ccccc3)[C@@H](OCc3ccccc3)[C@@H]2OCc2ccccc2)cc1I. The number of H-pyrrole nitrogens is 1. The van der Waals surface area contributed by atoms with E-state index in [0.717, 1.165) is 16.7 Å². The van der Waals surface area contributed by atoms with Crippen LogP contribution in [0.25, 0.3) is 0 Å². The fourth-order valence-corrected chi connectivity index (χ4v) is 6.53. The van der Waals surface area contributed by atoms with Gasteiger partial charge in [-0.2, -0.15) is 0 Å². The number of hydrogen-bond donors (Lipinski definition) is 1. The molecule has 0 amide bonds. The predicted molar refractivity (Wildman–Crippen MR) is 161 cm³/mol. The summed E-state index contributed by atoms with van der Waals surface area (Å²) < 4.78 is 21.2. The van der Waals surface area contributed by atoms with E-state index < -0.39 is 22.7 Å². The maximum atomic E-state index is 13.0. The van der Waals surface area contributed by atoms with Crippen LogP contribution in [0.3, 0.4) is 0 Å². The number of nitrogens with one attached hydrogen (secondary N) is 1. The standard InChI is InChI=1S/C30H29IN2O5S/c31-24-16-33(30(35)32-28(24)34)29-27(38-19-23-14-8-3-9-15-23)26(37-18-22-12-6-2-7-13-22)25(39-29)20-36-17-21-10-4-1-5-11-21/h1-16,25-27,29H,17-20H2,(H,32,34,35)/t25-,26-,27+,29?/m1/s1. The van der Waals surface area contributed by atoms with Crippen molar-refractivity contribution in [3.8, 4) is 0 Å². The number of rotatable bonds is 11. The average Bonchev–Trinajstić information content (AvgIpc) is 3.31. The van der Waals surface area contributed by atoms with Crippen molar-refractivity contribution in [2.45, 2.75) is 42.7 Å². The van der Waals surface area contributed by atoms with E-state index in [1.165, 1.54) is 0 Å². The molecule has 4 aromatic rings. The highest BCUT2D eigenvalue weighted by Gasteiger charge is 2.47. The van der Waals surface area contributed by atoms with Crippen molar-refractivity contribution in [2.75, 3.05) is 6.61 Å². The van der Waals surface area contributed by atoms with Crippen molar-refractivity contribution in [1.29, 1.82) is 0 Å². The Morgan fingerprint density at radius 2 is 1.26 bits per heavy atom. The van der Waals surface area contributed by atoms with Crippen molar-refractivity contribution in [2.24, 2.45) is 0 Å². The van der Waals surface area contributed by atoms with E-state index in [9.17, 15) is 9.59 Å². The molecular weight excluding hydrogens is 627 g/mol. The molecule has 9 heteroatoms. The molecule has 5 rings (SSSR count). The second-order valence-electron chi connectivity index (χ2n) is 9.23. The highest BCUT2D eigenvalue weighted by molar-refractivity contribution is 14.1. The summed E-state index contributed by atoms with van der Waals surface area (Å²) in [7, 11) is 0. The van der Waals surface area contributed by atoms with E-state index in [4.69, 9.17) is 14.2 Å². The minimum Gasteiger partial charge on any atom is -0.376 e. The molecule has 0 radical (unpaired) electrons. The number of thioether (sulfide) groups is 1. The molecule has 1 aliphatic rings. The number of nitrogens with zero attached hydrogens (tertiary/aromatic N) is 1. The van der Waals surface area contributed by atoms with Crippen LogP contribution in [-0.2, 0) is 34.0 Å². The molecule has 1 fully saturated rings. The summed E-state index contributed by atoms with van der Waals surface area (Å²) in [6, 6.07) is 29.9. The smallest absolute Gasteiger partial charge is 0.329 e. The number of ether oxygens (including phenoxy) is 3. The molecule has 2 heterocycles. The van der Waals surface area contributed by atoms with E-state index >= 15 is 0 Å². The van der Waals surface area contributed by atoms with Crippen LogP contribution < -0.4 is 11.2 Å². The van der Waals surface area contributed by atoms with Gasteiger partial charge in [0.1, 0.15) is 17.6 Å². The zero-order chi connectivity index (χ0) is 27.0. The second-order valence-corrected chi connectivity index (χ2v) is 11.8. The molecule has 1 N–H and O–H groups in total. The Bertz CT molecular complexity index is 1450. The van der Waals surface area contributed by atoms with E-state index in [1.807, 2.05) is 114 Å². The van der Waals surface area contributed by atoms with Gasteiger partial charge in [-0.15, -0.1) is 11.8 Å². The average molecular weight is 657 g/mol. The van der Waals surface area contributed by atoms with Crippen molar-refractivity contribution in [3.05, 3.63) is 138 Å². The molecule has 39 heavy (non-hydrogen) atoms. The summed E-state index contributed by atoms with van der Waals surface area (Å²) in [5.41, 5.74) is 2.28. The first-order valence-electron chi connectivity index (χ1n) is 12.7. The van der Waals surface area contributed by atoms with Crippen molar-refractivity contribution >= 4 is 34.4 Å². The lowest BCUT2D eigenvalue weighted by atomic mass is 10.1. The highest BCUT2D eigenvalue weighted by atomic mass is 127. The summed E-state index contributed by atoms with van der Waals surface area (Å²) >= 11 is 3.52. The quantitative estimate of drug-likeness (QED) is 0.225. The summed E-state index contributed by atoms with van der Waals surface area (Å²) in [5.74, 6) is 0. The van der Waals surface area contributed by atoms with Gasteiger partial charge >= 0.3 is 5.69 Å². The number of hydrogen-bond acceptors (Lipinski definition) is 6. The molecule has 1 unspecified atom stereocenters. The molecule has 0 spiro atoms. The fraction of sp³-hybridized carbons (Fsp3) is 0.267. The van der Waals surface area contributed by atoms with Gasteiger partial charge in [0.25, 0.3) is 5.56 Å². The lowest BCUT2D eigenvalue weighted by Crippen LogP contribution is -2.41. The van der Waals surface area contributed by atoms with Gasteiger partial charge in [-0.25, -0.2) is 4.79 Å². The molecule has 1 saturated heterocycles. The minimum absolute atomic E-state index is 0.111. The normalized spacial score (nSPS) is 20.7. The first-order valence-corrected chi connectivity index (χ1v) is 14.7. The monoisotopic (exact) mass is 656 g/mol. The van der Waals surface area contributed by atoms with Gasteiger partial charge in [-0.05, 0) is 39.3 Å². The Morgan fingerprint density at radius 3 is 1.82 bits per heavy atom. The van der Waals surface area contributed by atoms with Crippen LogP contribution in [0.1, 0.15) is 22.1 Å². The van der Waals surface area contributed by atoms with E-state index in [2.05, 4.69) is 4.98 Å². The lowest BCUT2D eigenvalue weighted by Gasteiger charge is -2.27. The summed E-state index contributed by atoms with van der Waals surface area (Å²) in [4.78, 5) is 27.5. The predicted octanol–water partition coefficient (Wildman–Crippen LogP) is 5.14. The van der Waals surface area contributed by atoms with Crippen LogP contribution in [0.15, 0.2) is 107 Å². The third-order valence-electron chi connectivity index (χ3n) is 6.45. The van der Waals surface area contributed by atoms with Crippen LogP contribution in [0.2, 0.25) is 0 Å². The maximum Gasteiger partial charge on any atom is 0.329 e. The fourth-order valence-electron chi connectivity index (χ4n) is 4.50. The minimum atomic E-state index is -0.473. The Labute approximate surface area is 244 Å². The summed E-state index contributed by atoms with van der Waals surface area (Å²) in [6.07, 6.45) is 0.763. The van der Waals surface area contributed by atoms with Crippen LogP contribution in [0.5, 0.6) is 0 Å². The molecule has 0 bridgehead atoms. The number of aromatic nitrogens is 2. The Morgan fingerprint density at radius 1 is 0.744 bits per heavy atom. The lowest BCUT2D eigenvalue weighted by molar-refractivity contribution is -0.0920. The summed E-state index contributed by atoms with van der Waals surface area (Å²) in [5, 5.41) is -0.530. The molecule has 3 aromatic carbocycles. The topological polar surface area (TPSA) is 82.6 Å². The molecule has 202 valence electrons.